The summed E-state index contributed by atoms with van der Waals surface area (Å²) in [6, 6.07) is 13.0. The Balaban J connectivity index is 1.58. The Kier molecular flexibility index (Phi) is 4.27. The van der Waals surface area contributed by atoms with E-state index < -0.39 is 0 Å². The van der Waals surface area contributed by atoms with Crippen molar-refractivity contribution < 1.29 is 9.59 Å². The van der Waals surface area contributed by atoms with E-state index in [9.17, 15) is 9.59 Å². The number of rotatable bonds is 4. The van der Waals surface area contributed by atoms with E-state index in [0.29, 0.717) is 30.9 Å². The summed E-state index contributed by atoms with van der Waals surface area (Å²) in [7, 11) is 1.93. The highest BCUT2D eigenvalue weighted by Crippen LogP contribution is 2.21. The highest BCUT2D eigenvalue weighted by Gasteiger charge is 2.21. The quantitative estimate of drug-likeness (QED) is 0.748. The summed E-state index contributed by atoms with van der Waals surface area (Å²) in [4.78, 5) is 30.8. The van der Waals surface area contributed by atoms with Crippen LogP contribution in [0.15, 0.2) is 42.5 Å². The van der Waals surface area contributed by atoms with Gasteiger partial charge in [-0.25, -0.2) is 9.78 Å². The number of para-hydroxylation sites is 1. The lowest BCUT2D eigenvalue weighted by Gasteiger charge is -2.17. The van der Waals surface area contributed by atoms with Crippen LogP contribution < -0.4 is 10.6 Å². The molecule has 1 aliphatic rings. The number of amides is 3. The molecule has 0 saturated carbocycles. The number of hydrogen-bond donors (Lipinski definition) is 2. The van der Waals surface area contributed by atoms with Gasteiger partial charge in [-0.15, -0.1) is 0 Å². The molecule has 2 N–H and O–H groups in total. The maximum Gasteiger partial charge on any atom is 0.317 e. The molecule has 4 rings (SSSR count). The minimum Gasteiger partial charge on any atom is -0.336 e. The first-order valence-electron chi connectivity index (χ1n) is 8.88. The van der Waals surface area contributed by atoms with Crippen molar-refractivity contribution in [1.29, 1.82) is 0 Å². The molecule has 0 atom stereocenters. The molecule has 1 aliphatic heterocycles. The third kappa shape index (κ3) is 3.23. The van der Waals surface area contributed by atoms with Crippen molar-refractivity contribution in [3.05, 3.63) is 59.4 Å². The molecule has 3 amide bonds. The zero-order valence-corrected chi connectivity index (χ0v) is 15.3. The van der Waals surface area contributed by atoms with Gasteiger partial charge >= 0.3 is 6.03 Å². The summed E-state index contributed by atoms with van der Waals surface area (Å²) in [5.74, 6) is 0.714. The highest BCUT2D eigenvalue weighted by molar-refractivity contribution is 6.06. The zero-order chi connectivity index (χ0) is 19.0. The lowest BCUT2D eigenvalue weighted by molar-refractivity contribution is 0.102. The van der Waals surface area contributed by atoms with Gasteiger partial charge in [0.25, 0.3) is 5.91 Å². The first-order valence-corrected chi connectivity index (χ1v) is 8.88. The van der Waals surface area contributed by atoms with E-state index in [1.807, 2.05) is 54.9 Å². The molecule has 0 aliphatic carbocycles. The van der Waals surface area contributed by atoms with Gasteiger partial charge in [-0.1, -0.05) is 18.2 Å². The van der Waals surface area contributed by atoms with E-state index in [0.717, 1.165) is 22.4 Å². The second-order valence-corrected chi connectivity index (χ2v) is 6.69. The van der Waals surface area contributed by atoms with Gasteiger partial charge in [0.15, 0.2) is 0 Å². The molecular formula is C20H21N5O2. The number of aromatic nitrogens is 2. The van der Waals surface area contributed by atoms with Crippen molar-refractivity contribution in [1.82, 2.24) is 19.8 Å². The number of nitrogens with zero attached hydrogens (tertiary/aromatic N) is 3. The van der Waals surface area contributed by atoms with Crippen LogP contribution in [0.1, 0.15) is 21.7 Å². The topological polar surface area (TPSA) is 79.3 Å². The van der Waals surface area contributed by atoms with E-state index in [-0.39, 0.29) is 11.9 Å². The van der Waals surface area contributed by atoms with Crippen molar-refractivity contribution >= 4 is 28.7 Å². The lowest BCUT2D eigenvalue weighted by Crippen LogP contribution is -2.28. The van der Waals surface area contributed by atoms with Gasteiger partial charge in [0.2, 0.25) is 0 Å². The van der Waals surface area contributed by atoms with Crippen LogP contribution >= 0.6 is 0 Å². The molecule has 0 spiro atoms. The summed E-state index contributed by atoms with van der Waals surface area (Å²) in [6.07, 6.45) is 0. The maximum atomic E-state index is 12.8. The van der Waals surface area contributed by atoms with Crippen LogP contribution in [0.25, 0.3) is 11.0 Å². The number of carbonyl (C=O) groups excluding carboxylic acids is 2. The molecule has 7 heteroatoms. The fraction of sp³-hybridized carbons (Fsp3) is 0.250. The smallest absolute Gasteiger partial charge is 0.317 e. The van der Waals surface area contributed by atoms with Crippen LogP contribution in [0.2, 0.25) is 0 Å². The molecule has 138 valence electrons. The van der Waals surface area contributed by atoms with E-state index >= 15 is 0 Å². The fourth-order valence-electron chi connectivity index (χ4n) is 3.29. The van der Waals surface area contributed by atoms with Crippen molar-refractivity contribution in [3.8, 4) is 0 Å². The predicted molar refractivity (Wildman–Crippen MR) is 104 cm³/mol. The van der Waals surface area contributed by atoms with Crippen LogP contribution in [0.3, 0.4) is 0 Å². The summed E-state index contributed by atoms with van der Waals surface area (Å²) >= 11 is 0. The molecule has 2 aromatic carbocycles. The second-order valence-electron chi connectivity index (χ2n) is 6.69. The number of urea groups is 1. The summed E-state index contributed by atoms with van der Waals surface area (Å²) < 4.78 is 1.96. The number of hydrogen-bond acceptors (Lipinski definition) is 3. The zero-order valence-electron chi connectivity index (χ0n) is 15.3. The Morgan fingerprint density at radius 3 is 2.85 bits per heavy atom. The molecule has 0 bridgehead atoms. The molecule has 3 aromatic rings. The number of fused-ring (bicyclic) bond motifs is 1. The van der Waals surface area contributed by atoms with Gasteiger partial charge in [0.1, 0.15) is 5.82 Å². The Morgan fingerprint density at radius 1 is 1.26 bits per heavy atom. The molecule has 1 fully saturated rings. The Bertz CT molecular complexity index is 1040. The normalized spacial score (nSPS) is 13.9. The van der Waals surface area contributed by atoms with Gasteiger partial charge in [0, 0.05) is 37.9 Å². The number of anilines is 1. The summed E-state index contributed by atoms with van der Waals surface area (Å²) in [6.45, 7) is 3.71. The molecule has 1 saturated heterocycles. The lowest BCUT2D eigenvalue weighted by atomic mass is 10.1. The van der Waals surface area contributed by atoms with Crippen molar-refractivity contribution in [3.63, 3.8) is 0 Å². The van der Waals surface area contributed by atoms with Gasteiger partial charge in [0.05, 0.1) is 11.0 Å². The Labute approximate surface area is 157 Å². The van der Waals surface area contributed by atoms with Crippen LogP contribution in [-0.4, -0.2) is 39.5 Å². The molecule has 2 heterocycles. The van der Waals surface area contributed by atoms with Gasteiger partial charge in [-0.05, 0) is 36.8 Å². The van der Waals surface area contributed by atoms with Crippen LogP contribution in [0.4, 0.5) is 10.5 Å². The first kappa shape index (κ1) is 17.1. The average molecular weight is 363 g/mol. The Hall–Kier alpha value is -3.35. The van der Waals surface area contributed by atoms with Gasteiger partial charge in [-0.2, -0.15) is 0 Å². The van der Waals surface area contributed by atoms with Gasteiger partial charge < -0.3 is 20.1 Å². The first-order chi connectivity index (χ1) is 13.0. The number of carbonyl (C=O) groups is 2. The van der Waals surface area contributed by atoms with Crippen LogP contribution in [0, 0.1) is 6.92 Å². The minimum absolute atomic E-state index is 0.0758. The van der Waals surface area contributed by atoms with Crippen LogP contribution in [0.5, 0.6) is 0 Å². The van der Waals surface area contributed by atoms with Crippen LogP contribution in [-0.2, 0) is 13.6 Å². The summed E-state index contributed by atoms with van der Waals surface area (Å²) in [5.41, 5.74) is 3.97. The standard InChI is InChI=1S/C20H21N5O2/c1-13-22-17-8-7-14(11-18(17)24(13)2)19(26)23-16-6-4-3-5-15(16)12-25-10-9-21-20(25)27/h3-8,11H,9-10,12H2,1-2H3,(H,21,27)(H,23,26). The van der Waals surface area contributed by atoms with E-state index in [1.165, 1.54) is 0 Å². The number of benzene rings is 2. The second kappa shape index (κ2) is 6.75. The van der Waals surface area contributed by atoms with E-state index in [2.05, 4.69) is 15.6 Å². The Morgan fingerprint density at radius 2 is 2.07 bits per heavy atom. The summed E-state index contributed by atoms with van der Waals surface area (Å²) in [5, 5.41) is 5.77. The molecule has 0 unspecified atom stereocenters. The molecule has 7 nitrogen and oxygen atoms in total. The number of aryl methyl sites for hydroxylation is 2. The SMILES string of the molecule is Cc1nc2ccc(C(=O)Nc3ccccc3CN3CCNC3=O)cc2n1C. The third-order valence-electron chi connectivity index (χ3n) is 4.94. The average Bonchev–Trinajstić information content (AvgIpc) is 3.19. The highest BCUT2D eigenvalue weighted by atomic mass is 16.2. The predicted octanol–water partition coefficient (Wildman–Crippen LogP) is 2.66. The molecular weight excluding hydrogens is 342 g/mol. The monoisotopic (exact) mass is 363 g/mol. The van der Waals surface area contributed by atoms with Crippen molar-refractivity contribution in [2.24, 2.45) is 7.05 Å². The fourth-order valence-corrected chi connectivity index (χ4v) is 3.29. The van der Waals surface area contributed by atoms with Gasteiger partial charge in [-0.3, -0.25) is 4.79 Å². The van der Waals surface area contributed by atoms with E-state index in [4.69, 9.17) is 0 Å². The maximum absolute atomic E-state index is 12.8. The largest absolute Gasteiger partial charge is 0.336 e. The van der Waals surface area contributed by atoms with E-state index in [1.54, 1.807) is 11.0 Å². The minimum atomic E-state index is -0.186. The van der Waals surface area contributed by atoms with Crippen molar-refractivity contribution in [2.75, 3.05) is 18.4 Å². The molecule has 27 heavy (non-hydrogen) atoms. The van der Waals surface area contributed by atoms with Crippen molar-refractivity contribution in [2.45, 2.75) is 13.5 Å². The number of imidazole rings is 1. The molecule has 0 radical (unpaired) electrons. The third-order valence-corrected chi connectivity index (χ3v) is 4.94. The molecule has 1 aromatic heterocycles. The number of nitrogens with one attached hydrogen (secondary N) is 2.